The Hall–Kier alpha value is -1.86. The Morgan fingerprint density at radius 3 is 2.87 bits per heavy atom. The van der Waals surface area contributed by atoms with Crippen molar-refractivity contribution in [2.24, 2.45) is 0 Å². The highest BCUT2D eigenvalue weighted by atomic mass is 79.9. The number of hydrogen-bond donors (Lipinski definition) is 1. The predicted octanol–water partition coefficient (Wildman–Crippen LogP) is 2.68. The number of rotatable bonds is 4. The van der Waals surface area contributed by atoms with Gasteiger partial charge in [0, 0.05) is 30.0 Å². The zero-order valence-corrected chi connectivity index (χ0v) is 14.5. The van der Waals surface area contributed by atoms with E-state index >= 15 is 0 Å². The summed E-state index contributed by atoms with van der Waals surface area (Å²) < 4.78 is 7.97. The van der Waals surface area contributed by atoms with Gasteiger partial charge < -0.3 is 15.0 Å². The largest absolute Gasteiger partial charge is 0.378 e. The Morgan fingerprint density at radius 1 is 1.39 bits per heavy atom. The number of anilines is 2. The predicted molar refractivity (Wildman–Crippen MR) is 92.7 cm³/mol. The minimum absolute atomic E-state index is 0.0960. The van der Waals surface area contributed by atoms with E-state index in [2.05, 4.69) is 31.2 Å². The van der Waals surface area contributed by atoms with E-state index < -0.39 is 0 Å². The highest BCUT2D eigenvalue weighted by molar-refractivity contribution is 9.10. The van der Waals surface area contributed by atoms with E-state index in [9.17, 15) is 4.79 Å². The number of aromatic nitrogens is 2. The normalized spacial score (nSPS) is 16.2. The van der Waals surface area contributed by atoms with Crippen LogP contribution in [-0.2, 0) is 9.53 Å². The van der Waals surface area contributed by atoms with Crippen molar-refractivity contribution in [3.8, 4) is 0 Å². The van der Waals surface area contributed by atoms with Gasteiger partial charge in [-0.3, -0.25) is 9.48 Å². The van der Waals surface area contributed by atoms with Crippen molar-refractivity contribution in [2.75, 3.05) is 36.5 Å². The number of nitrogens with one attached hydrogen (secondary N) is 1. The van der Waals surface area contributed by atoms with Crippen molar-refractivity contribution in [2.45, 2.75) is 13.0 Å². The molecule has 0 radical (unpaired) electrons. The Labute approximate surface area is 143 Å². The lowest BCUT2D eigenvalue weighted by Gasteiger charge is -2.31. The number of morpholine rings is 1. The first-order chi connectivity index (χ1) is 11.1. The second-order valence-electron chi connectivity index (χ2n) is 5.41. The summed E-state index contributed by atoms with van der Waals surface area (Å²) in [6, 6.07) is 7.36. The molecule has 1 fully saturated rings. The van der Waals surface area contributed by atoms with E-state index in [4.69, 9.17) is 4.74 Å². The van der Waals surface area contributed by atoms with Crippen LogP contribution in [0.4, 0.5) is 11.4 Å². The lowest BCUT2D eigenvalue weighted by Crippen LogP contribution is -2.37. The van der Waals surface area contributed by atoms with Crippen LogP contribution in [0.25, 0.3) is 0 Å². The van der Waals surface area contributed by atoms with Crippen LogP contribution in [0.5, 0.6) is 0 Å². The van der Waals surface area contributed by atoms with E-state index in [0.717, 1.165) is 28.9 Å². The molecule has 1 N–H and O–H groups in total. The monoisotopic (exact) mass is 378 g/mol. The number of carbonyl (C=O) groups excluding carboxylic acids is 1. The molecule has 2 heterocycles. The smallest absolute Gasteiger partial charge is 0.249 e. The topological polar surface area (TPSA) is 59.4 Å². The molecular weight excluding hydrogens is 360 g/mol. The summed E-state index contributed by atoms with van der Waals surface area (Å²) >= 11 is 3.47. The first kappa shape index (κ1) is 16.0. The third-order valence-corrected chi connectivity index (χ3v) is 4.36. The average molecular weight is 379 g/mol. The molecule has 0 spiro atoms. The molecule has 1 aromatic heterocycles. The van der Waals surface area contributed by atoms with Crippen LogP contribution in [0.1, 0.15) is 13.0 Å². The highest BCUT2D eigenvalue weighted by Crippen LogP contribution is 2.30. The molecule has 1 saturated heterocycles. The SMILES string of the molecule is CC(C(=O)Nc1cc(Br)ccc1N1CCOCC1)n1cccn1. The van der Waals surface area contributed by atoms with Gasteiger partial charge in [0.2, 0.25) is 5.91 Å². The van der Waals surface area contributed by atoms with Crippen LogP contribution in [0.2, 0.25) is 0 Å². The molecule has 7 heteroatoms. The molecule has 3 rings (SSSR count). The Kier molecular flexibility index (Phi) is 4.97. The van der Waals surface area contributed by atoms with Gasteiger partial charge in [0.05, 0.1) is 24.6 Å². The maximum atomic E-state index is 12.5. The molecule has 1 unspecified atom stereocenters. The van der Waals surface area contributed by atoms with E-state index in [1.165, 1.54) is 0 Å². The van der Waals surface area contributed by atoms with Crippen LogP contribution in [0.15, 0.2) is 41.1 Å². The van der Waals surface area contributed by atoms with E-state index in [-0.39, 0.29) is 11.9 Å². The summed E-state index contributed by atoms with van der Waals surface area (Å²) in [6.45, 7) is 4.87. The second-order valence-corrected chi connectivity index (χ2v) is 6.33. The third kappa shape index (κ3) is 3.73. The maximum Gasteiger partial charge on any atom is 0.249 e. The fourth-order valence-electron chi connectivity index (χ4n) is 2.56. The van der Waals surface area contributed by atoms with Gasteiger partial charge in [-0.2, -0.15) is 5.10 Å². The van der Waals surface area contributed by atoms with Crippen molar-refractivity contribution in [3.05, 3.63) is 41.1 Å². The molecule has 2 aromatic rings. The summed E-state index contributed by atoms with van der Waals surface area (Å²) in [7, 11) is 0. The minimum atomic E-state index is -0.374. The number of nitrogens with zero attached hydrogens (tertiary/aromatic N) is 3. The van der Waals surface area contributed by atoms with Gasteiger partial charge >= 0.3 is 0 Å². The molecule has 0 bridgehead atoms. The zero-order chi connectivity index (χ0) is 16.2. The molecule has 1 amide bonds. The molecule has 0 aliphatic carbocycles. The van der Waals surface area contributed by atoms with Gasteiger partial charge in [-0.25, -0.2) is 0 Å². The fourth-order valence-corrected chi connectivity index (χ4v) is 2.92. The van der Waals surface area contributed by atoms with Gasteiger partial charge in [0.1, 0.15) is 6.04 Å². The first-order valence-corrected chi connectivity index (χ1v) is 8.36. The van der Waals surface area contributed by atoms with E-state index in [1.54, 1.807) is 17.1 Å². The molecule has 23 heavy (non-hydrogen) atoms. The van der Waals surface area contributed by atoms with Crippen molar-refractivity contribution in [3.63, 3.8) is 0 Å². The van der Waals surface area contributed by atoms with Gasteiger partial charge in [-0.1, -0.05) is 15.9 Å². The molecule has 1 aromatic carbocycles. The van der Waals surface area contributed by atoms with Crippen molar-refractivity contribution in [1.29, 1.82) is 0 Å². The van der Waals surface area contributed by atoms with Crippen LogP contribution in [-0.4, -0.2) is 42.0 Å². The number of halogens is 1. The molecule has 6 nitrogen and oxygen atoms in total. The molecule has 0 saturated carbocycles. The summed E-state index contributed by atoms with van der Waals surface area (Å²) in [5.41, 5.74) is 1.81. The van der Waals surface area contributed by atoms with Gasteiger partial charge in [-0.05, 0) is 31.2 Å². The number of hydrogen-bond acceptors (Lipinski definition) is 4. The summed E-state index contributed by atoms with van der Waals surface area (Å²) in [5, 5.41) is 7.15. The third-order valence-electron chi connectivity index (χ3n) is 3.87. The molecule has 122 valence electrons. The number of amides is 1. The fraction of sp³-hybridized carbons (Fsp3) is 0.375. The highest BCUT2D eigenvalue weighted by Gasteiger charge is 2.20. The molecular formula is C16H19BrN4O2. The van der Waals surface area contributed by atoms with Gasteiger partial charge in [0.15, 0.2) is 0 Å². The quantitative estimate of drug-likeness (QED) is 0.888. The van der Waals surface area contributed by atoms with Crippen molar-refractivity contribution < 1.29 is 9.53 Å². The number of carbonyl (C=O) groups is 1. The lowest BCUT2D eigenvalue weighted by molar-refractivity contribution is -0.119. The molecule has 1 aliphatic heterocycles. The number of ether oxygens (including phenoxy) is 1. The first-order valence-electron chi connectivity index (χ1n) is 7.57. The Bertz CT molecular complexity index is 669. The standard InChI is InChI=1S/C16H19BrN4O2/c1-12(21-6-2-5-18-21)16(22)19-14-11-13(17)3-4-15(14)20-7-9-23-10-8-20/h2-6,11-12H,7-10H2,1H3,(H,19,22). The van der Waals surface area contributed by atoms with E-state index in [0.29, 0.717) is 13.2 Å². The van der Waals surface area contributed by atoms with Crippen molar-refractivity contribution in [1.82, 2.24) is 9.78 Å². The minimum Gasteiger partial charge on any atom is -0.378 e. The zero-order valence-electron chi connectivity index (χ0n) is 12.9. The Morgan fingerprint density at radius 2 is 2.17 bits per heavy atom. The summed E-state index contributed by atoms with van der Waals surface area (Å²) in [5.74, 6) is -0.0960. The number of benzene rings is 1. The van der Waals surface area contributed by atoms with E-state index in [1.807, 2.05) is 31.2 Å². The van der Waals surface area contributed by atoms with Crippen LogP contribution in [0, 0.1) is 0 Å². The molecule has 1 aliphatic rings. The van der Waals surface area contributed by atoms with Gasteiger partial charge in [0.25, 0.3) is 0 Å². The van der Waals surface area contributed by atoms with Crippen LogP contribution < -0.4 is 10.2 Å². The average Bonchev–Trinajstić information content (AvgIpc) is 3.09. The Balaban J connectivity index is 1.80. The van der Waals surface area contributed by atoms with Crippen LogP contribution in [0.3, 0.4) is 0 Å². The lowest BCUT2D eigenvalue weighted by atomic mass is 10.2. The van der Waals surface area contributed by atoms with Crippen molar-refractivity contribution >= 4 is 33.2 Å². The summed E-state index contributed by atoms with van der Waals surface area (Å²) in [4.78, 5) is 14.8. The van der Waals surface area contributed by atoms with Crippen LogP contribution >= 0.6 is 15.9 Å². The maximum absolute atomic E-state index is 12.5. The molecule has 1 atom stereocenters. The van der Waals surface area contributed by atoms with Gasteiger partial charge in [-0.15, -0.1) is 0 Å². The summed E-state index contributed by atoms with van der Waals surface area (Å²) in [6.07, 6.45) is 3.45. The second kappa shape index (κ2) is 7.14.